The molecule has 0 radical (unpaired) electrons. The Hall–Kier alpha value is -0.830. The maximum Gasteiger partial charge on any atom is 0.306 e. The van der Waals surface area contributed by atoms with Gasteiger partial charge in [0.1, 0.15) is 0 Å². The van der Waals surface area contributed by atoms with Crippen molar-refractivity contribution < 1.29 is 9.53 Å². The van der Waals surface area contributed by atoms with Gasteiger partial charge in [-0.2, -0.15) is 0 Å². The fourth-order valence-electron chi connectivity index (χ4n) is 1.47. The lowest BCUT2D eigenvalue weighted by Crippen LogP contribution is -2.13. The van der Waals surface area contributed by atoms with Crippen LogP contribution in [0.15, 0.2) is 28.7 Å². The van der Waals surface area contributed by atoms with Gasteiger partial charge in [-0.3, -0.25) is 4.79 Å². The Balaban J connectivity index is 2.55. The first-order valence-corrected chi connectivity index (χ1v) is 6.23. The van der Waals surface area contributed by atoms with Crippen molar-refractivity contribution in [2.75, 3.05) is 0 Å². The first-order chi connectivity index (χ1) is 7.49. The largest absolute Gasteiger partial charge is 0.463 e. The number of benzene rings is 1. The number of rotatable bonds is 4. The van der Waals surface area contributed by atoms with Gasteiger partial charge in [0, 0.05) is 4.47 Å². The molecule has 0 saturated heterocycles. The molecule has 1 rings (SSSR count). The third-order valence-corrected chi connectivity index (χ3v) is 2.81. The summed E-state index contributed by atoms with van der Waals surface area (Å²) in [6.07, 6.45) is 0.393. The van der Waals surface area contributed by atoms with E-state index in [4.69, 9.17) is 4.74 Å². The molecular formula is C13H17BrO2. The van der Waals surface area contributed by atoms with E-state index in [0.29, 0.717) is 6.42 Å². The Labute approximate surface area is 105 Å². The number of ether oxygens (including phenoxy) is 1. The van der Waals surface area contributed by atoms with E-state index in [1.165, 1.54) is 0 Å². The third kappa shape index (κ3) is 4.35. The Kier molecular flexibility index (Phi) is 5.00. The van der Waals surface area contributed by atoms with Crippen LogP contribution in [0.3, 0.4) is 0 Å². The van der Waals surface area contributed by atoms with Gasteiger partial charge in [0.05, 0.1) is 12.5 Å². The highest BCUT2D eigenvalue weighted by molar-refractivity contribution is 9.10. The number of carbonyl (C=O) groups excluding carboxylic acids is 1. The zero-order chi connectivity index (χ0) is 12.1. The van der Waals surface area contributed by atoms with Gasteiger partial charge >= 0.3 is 5.97 Å². The van der Waals surface area contributed by atoms with Crippen molar-refractivity contribution >= 4 is 21.9 Å². The zero-order valence-electron chi connectivity index (χ0n) is 9.87. The minimum absolute atomic E-state index is 0.0374. The van der Waals surface area contributed by atoms with E-state index in [-0.39, 0.29) is 18.0 Å². The van der Waals surface area contributed by atoms with Gasteiger partial charge in [-0.05, 0) is 37.5 Å². The van der Waals surface area contributed by atoms with E-state index in [9.17, 15) is 4.79 Å². The second-order valence-electron chi connectivity index (χ2n) is 4.20. The highest BCUT2D eigenvalue weighted by atomic mass is 79.9. The summed E-state index contributed by atoms with van der Waals surface area (Å²) in [5.74, 6) is 0.0600. The number of esters is 1. The molecule has 0 saturated carbocycles. The lowest BCUT2D eigenvalue weighted by Gasteiger charge is -2.13. The second kappa shape index (κ2) is 6.04. The van der Waals surface area contributed by atoms with Crippen LogP contribution < -0.4 is 0 Å². The van der Waals surface area contributed by atoms with Crippen LogP contribution in [0.25, 0.3) is 0 Å². The smallest absolute Gasteiger partial charge is 0.306 e. The summed E-state index contributed by atoms with van der Waals surface area (Å²) >= 11 is 3.39. The number of hydrogen-bond acceptors (Lipinski definition) is 2. The SMILES string of the molecule is CC(C)OC(=O)CC(C)c1ccc(Br)cc1. The number of hydrogen-bond donors (Lipinski definition) is 0. The minimum atomic E-state index is -0.134. The minimum Gasteiger partial charge on any atom is -0.463 e. The fourth-order valence-corrected chi connectivity index (χ4v) is 1.73. The Morgan fingerprint density at radius 2 is 1.81 bits per heavy atom. The maximum atomic E-state index is 11.5. The second-order valence-corrected chi connectivity index (χ2v) is 5.11. The van der Waals surface area contributed by atoms with E-state index < -0.39 is 0 Å². The molecule has 0 aliphatic heterocycles. The molecule has 0 aromatic heterocycles. The molecule has 1 unspecified atom stereocenters. The van der Waals surface area contributed by atoms with E-state index in [0.717, 1.165) is 10.0 Å². The average Bonchev–Trinajstić information content (AvgIpc) is 2.16. The van der Waals surface area contributed by atoms with Crippen LogP contribution in [0.4, 0.5) is 0 Å². The van der Waals surface area contributed by atoms with E-state index in [1.807, 2.05) is 45.0 Å². The predicted molar refractivity (Wildman–Crippen MR) is 68.4 cm³/mol. The van der Waals surface area contributed by atoms with Crippen molar-refractivity contribution in [3.05, 3.63) is 34.3 Å². The van der Waals surface area contributed by atoms with E-state index in [2.05, 4.69) is 15.9 Å². The highest BCUT2D eigenvalue weighted by Crippen LogP contribution is 2.21. The van der Waals surface area contributed by atoms with Crippen LogP contribution in [0.5, 0.6) is 0 Å². The number of halogens is 1. The lowest BCUT2D eigenvalue weighted by molar-refractivity contribution is -0.147. The molecular weight excluding hydrogens is 268 g/mol. The van der Waals surface area contributed by atoms with Crippen molar-refractivity contribution in [3.8, 4) is 0 Å². The molecule has 1 aromatic carbocycles. The molecule has 0 amide bonds. The van der Waals surface area contributed by atoms with Gasteiger partial charge in [-0.25, -0.2) is 0 Å². The van der Waals surface area contributed by atoms with Gasteiger partial charge in [0.15, 0.2) is 0 Å². The van der Waals surface area contributed by atoms with Crippen LogP contribution in [0.1, 0.15) is 38.7 Å². The topological polar surface area (TPSA) is 26.3 Å². The first-order valence-electron chi connectivity index (χ1n) is 5.44. The predicted octanol–water partition coefficient (Wildman–Crippen LogP) is 3.89. The van der Waals surface area contributed by atoms with Crippen molar-refractivity contribution in [1.82, 2.24) is 0 Å². The summed E-state index contributed by atoms with van der Waals surface area (Å²) in [7, 11) is 0. The summed E-state index contributed by atoms with van der Waals surface area (Å²) in [5, 5.41) is 0. The maximum absolute atomic E-state index is 11.5. The van der Waals surface area contributed by atoms with Gasteiger partial charge < -0.3 is 4.74 Å². The summed E-state index contributed by atoms with van der Waals surface area (Å²) in [4.78, 5) is 11.5. The molecule has 0 heterocycles. The fraction of sp³-hybridized carbons (Fsp3) is 0.462. The standard InChI is InChI=1S/C13H17BrO2/c1-9(2)16-13(15)8-10(3)11-4-6-12(14)7-5-11/h4-7,9-10H,8H2,1-3H3. The molecule has 0 spiro atoms. The van der Waals surface area contributed by atoms with Gasteiger partial charge in [-0.15, -0.1) is 0 Å². The first kappa shape index (κ1) is 13.2. The van der Waals surface area contributed by atoms with Crippen LogP contribution in [0.2, 0.25) is 0 Å². The summed E-state index contributed by atoms with van der Waals surface area (Å²) in [5.41, 5.74) is 1.16. The summed E-state index contributed by atoms with van der Waals surface area (Å²) in [6, 6.07) is 8.02. The molecule has 0 fully saturated rings. The van der Waals surface area contributed by atoms with Crippen LogP contribution in [-0.2, 0) is 9.53 Å². The normalized spacial score (nSPS) is 12.6. The molecule has 0 bridgehead atoms. The molecule has 0 aliphatic rings. The van der Waals surface area contributed by atoms with Gasteiger partial charge in [0.2, 0.25) is 0 Å². The van der Waals surface area contributed by atoms with Gasteiger partial charge in [0.25, 0.3) is 0 Å². The Bertz CT molecular complexity index is 343. The molecule has 1 aromatic rings. The summed E-state index contributed by atoms with van der Waals surface area (Å²) in [6.45, 7) is 5.76. The summed E-state index contributed by atoms with van der Waals surface area (Å²) < 4.78 is 6.17. The van der Waals surface area contributed by atoms with E-state index in [1.54, 1.807) is 0 Å². The molecule has 2 nitrogen and oxygen atoms in total. The monoisotopic (exact) mass is 284 g/mol. The Morgan fingerprint density at radius 3 is 2.31 bits per heavy atom. The van der Waals surface area contributed by atoms with Crippen molar-refractivity contribution in [1.29, 1.82) is 0 Å². The number of carbonyl (C=O) groups is 1. The van der Waals surface area contributed by atoms with Gasteiger partial charge in [-0.1, -0.05) is 35.0 Å². The van der Waals surface area contributed by atoms with Crippen molar-refractivity contribution in [3.63, 3.8) is 0 Å². The zero-order valence-corrected chi connectivity index (χ0v) is 11.5. The Morgan fingerprint density at radius 1 is 1.25 bits per heavy atom. The molecule has 0 aliphatic carbocycles. The molecule has 0 N–H and O–H groups in total. The molecule has 3 heteroatoms. The van der Waals surface area contributed by atoms with Crippen LogP contribution in [-0.4, -0.2) is 12.1 Å². The van der Waals surface area contributed by atoms with Crippen molar-refractivity contribution in [2.24, 2.45) is 0 Å². The van der Waals surface area contributed by atoms with Crippen LogP contribution in [0, 0.1) is 0 Å². The average molecular weight is 285 g/mol. The molecule has 88 valence electrons. The van der Waals surface area contributed by atoms with Crippen molar-refractivity contribution in [2.45, 2.75) is 39.2 Å². The quantitative estimate of drug-likeness (QED) is 0.784. The highest BCUT2D eigenvalue weighted by Gasteiger charge is 2.13. The molecule has 16 heavy (non-hydrogen) atoms. The molecule has 1 atom stereocenters. The third-order valence-electron chi connectivity index (χ3n) is 2.28. The van der Waals surface area contributed by atoms with E-state index >= 15 is 0 Å². The van der Waals surface area contributed by atoms with Crippen LogP contribution >= 0.6 is 15.9 Å². The lowest BCUT2D eigenvalue weighted by atomic mass is 9.98.